The third-order valence-electron chi connectivity index (χ3n) is 3.11. The van der Waals surface area contributed by atoms with Crippen molar-refractivity contribution in [3.63, 3.8) is 0 Å². The molecule has 0 radical (unpaired) electrons. The fourth-order valence-electron chi connectivity index (χ4n) is 2.33. The van der Waals surface area contributed by atoms with Crippen molar-refractivity contribution in [2.75, 3.05) is 0 Å². The number of ketones is 2. The molecule has 0 saturated heterocycles. The molecule has 16 heavy (non-hydrogen) atoms. The van der Waals surface area contributed by atoms with E-state index in [0.717, 1.165) is 17.6 Å². The van der Waals surface area contributed by atoms with E-state index < -0.39 is 0 Å². The molecule has 0 fully saturated rings. The van der Waals surface area contributed by atoms with Crippen LogP contribution >= 0.6 is 0 Å². The van der Waals surface area contributed by atoms with Crippen molar-refractivity contribution in [3.05, 3.63) is 53.1 Å². The third-order valence-corrected chi connectivity index (χ3v) is 3.11. The molecular formula is C14H10O2. The van der Waals surface area contributed by atoms with Gasteiger partial charge < -0.3 is 0 Å². The Balaban J connectivity index is 2.33. The van der Waals surface area contributed by atoms with Crippen LogP contribution in [0.15, 0.2) is 42.0 Å². The van der Waals surface area contributed by atoms with E-state index in [-0.39, 0.29) is 11.6 Å². The molecule has 0 spiro atoms. The Morgan fingerprint density at radius 3 is 2.50 bits per heavy atom. The number of carbonyl (C=O) groups excluding carboxylic acids is 2. The molecule has 1 aromatic carbocycles. The van der Waals surface area contributed by atoms with Gasteiger partial charge in [-0.1, -0.05) is 36.4 Å². The summed E-state index contributed by atoms with van der Waals surface area (Å²) in [5.74, 6) is -0.678. The van der Waals surface area contributed by atoms with Crippen LogP contribution in [0.5, 0.6) is 0 Å². The van der Waals surface area contributed by atoms with Gasteiger partial charge in [-0.3, -0.25) is 9.59 Å². The molecule has 78 valence electrons. The lowest BCUT2D eigenvalue weighted by molar-refractivity contribution is -0.112. The largest absolute Gasteiger partial charge is 0.285 e. The summed E-state index contributed by atoms with van der Waals surface area (Å²) in [5, 5.41) is 0. The highest BCUT2D eigenvalue weighted by Gasteiger charge is 2.31. The lowest BCUT2D eigenvalue weighted by Crippen LogP contribution is -2.24. The number of rotatable bonds is 0. The van der Waals surface area contributed by atoms with Crippen LogP contribution in [0.1, 0.15) is 28.8 Å². The van der Waals surface area contributed by atoms with Crippen LogP contribution in [0.2, 0.25) is 0 Å². The van der Waals surface area contributed by atoms with Crippen LogP contribution in [-0.2, 0) is 4.79 Å². The zero-order chi connectivity index (χ0) is 11.1. The number of hydrogen-bond donors (Lipinski definition) is 0. The SMILES string of the molecule is O=C1C(=O)c2ccccc2C2=C1CCC=C2. The summed E-state index contributed by atoms with van der Waals surface area (Å²) in [6.45, 7) is 0. The molecule has 1 aromatic rings. The first-order valence-electron chi connectivity index (χ1n) is 5.37. The summed E-state index contributed by atoms with van der Waals surface area (Å²) < 4.78 is 0. The van der Waals surface area contributed by atoms with Crippen molar-refractivity contribution >= 4 is 17.1 Å². The molecule has 0 heterocycles. The van der Waals surface area contributed by atoms with Gasteiger partial charge in [0.1, 0.15) is 0 Å². The van der Waals surface area contributed by atoms with Crippen molar-refractivity contribution in [1.82, 2.24) is 0 Å². The lowest BCUT2D eigenvalue weighted by Gasteiger charge is -2.21. The molecule has 0 aromatic heterocycles. The van der Waals surface area contributed by atoms with Gasteiger partial charge in [-0.2, -0.15) is 0 Å². The maximum Gasteiger partial charge on any atom is 0.233 e. The molecule has 0 unspecified atom stereocenters. The summed E-state index contributed by atoms with van der Waals surface area (Å²) in [6, 6.07) is 7.32. The van der Waals surface area contributed by atoms with Gasteiger partial charge in [0.05, 0.1) is 0 Å². The van der Waals surface area contributed by atoms with Gasteiger partial charge >= 0.3 is 0 Å². The van der Waals surface area contributed by atoms with Crippen LogP contribution in [-0.4, -0.2) is 11.6 Å². The predicted molar refractivity (Wildman–Crippen MR) is 61.1 cm³/mol. The van der Waals surface area contributed by atoms with Crippen molar-refractivity contribution < 1.29 is 9.59 Å². The second-order valence-electron chi connectivity index (χ2n) is 4.04. The van der Waals surface area contributed by atoms with Crippen molar-refractivity contribution in [3.8, 4) is 0 Å². The predicted octanol–water partition coefficient (Wildman–Crippen LogP) is 2.56. The quantitative estimate of drug-likeness (QED) is 0.617. The number of allylic oxidation sites excluding steroid dienone is 4. The van der Waals surface area contributed by atoms with E-state index in [2.05, 4.69) is 6.08 Å². The normalized spacial score (nSPS) is 18.5. The first-order chi connectivity index (χ1) is 7.79. The van der Waals surface area contributed by atoms with E-state index >= 15 is 0 Å². The van der Waals surface area contributed by atoms with Gasteiger partial charge in [0.2, 0.25) is 11.6 Å². The Morgan fingerprint density at radius 1 is 0.938 bits per heavy atom. The van der Waals surface area contributed by atoms with Crippen LogP contribution in [0, 0.1) is 0 Å². The minimum absolute atomic E-state index is 0.321. The van der Waals surface area contributed by atoms with Crippen LogP contribution < -0.4 is 0 Å². The molecule has 2 heteroatoms. The van der Waals surface area contributed by atoms with E-state index in [1.807, 2.05) is 18.2 Å². The fourth-order valence-corrected chi connectivity index (χ4v) is 2.33. The summed E-state index contributed by atoms with van der Waals surface area (Å²) >= 11 is 0. The molecule has 2 nitrogen and oxygen atoms in total. The molecular weight excluding hydrogens is 200 g/mol. The Labute approximate surface area is 93.3 Å². The maximum atomic E-state index is 11.9. The Kier molecular flexibility index (Phi) is 1.90. The monoisotopic (exact) mass is 210 g/mol. The van der Waals surface area contributed by atoms with Crippen molar-refractivity contribution in [2.45, 2.75) is 12.8 Å². The lowest BCUT2D eigenvalue weighted by atomic mass is 9.80. The second-order valence-corrected chi connectivity index (χ2v) is 4.04. The molecule has 2 aliphatic carbocycles. The molecule has 0 N–H and O–H groups in total. The number of Topliss-reactive ketones (excluding diaryl/α,β-unsaturated/α-hetero) is 2. The highest BCUT2D eigenvalue weighted by atomic mass is 16.2. The number of hydrogen-bond acceptors (Lipinski definition) is 2. The topological polar surface area (TPSA) is 34.1 Å². The van der Waals surface area contributed by atoms with Gasteiger partial charge in [-0.15, -0.1) is 0 Å². The van der Waals surface area contributed by atoms with E-state index in [9.17, 15) is 9.59 Å². The number of benzene rings is 1. The fraction of sp³-hybridized carbons (Fsp3) is 0.143. The summed E-state index contributed by atoms with van der Waals surface area (Å²) in [5.41, 5.74) is 3.06. The molecule has 0 bridgehead atoms. The molecule has 2 aliphatic rings. The smallest absolute Gasteiger partial charge is 0.233 e. The number of carbonyl (C=O) groups is 2. The standard InChI is InChI=1S/C14H10O2/c15-13-11-7-3-1-5-9(11)10-6-2-4-8-12(10)14(13)16/h1-3,5-7H,4,8H2. The Morgan fingerprint density at radius 2 is 1.69 bits per heavy atom. The van der Waals surface area contributed by atoms with Crippen LogP contribution in [0.3, 0.4) is 0 Å². The summed E-state index contributed by atoms with van der Waals surface area (Å²) in [6.07, 6.45) is 5.55. The van der Waals surface area contributed by atoms with Crippen LogP contribution in [0.25, 0.3) is 5.57 Å². The third kappa shape index (κ3) is 1.13. The van der Waals surface area contributed by atoms with Gasteiger partial charge in [0.15, 0.2) is 0 Å². The Hall–Kier alpha value is -1.96. The van der Waals surface area contributed by atoms with Gasteiger partial charge in [-0.25, -0.2) is 0 Å². The van der Waals surface area contributed by atoms with E-state index in [1.165, 1.54) is 0 Å². The minimum Gasteiger partial charge on any atom is -0.285 e. The highest BCUT2D eigenvalue weighted by Crippen LogP contribution is 2.34. The van der Waals surface area contributed by atoms with Gasteiger partial charge in [-0.05, 0) is 24.0 Å². The first-order valence-corrected chi connectivity index (χ1v) is 5.37. The minimum atomic E-state index is -0.357. The average Bonchev–Trinajstić information content (AvgIpc) is 2.36. The number of fused-ring (bicyclic) bond motifs is 2. The van der Waals surface area contributed by atoms with Gasteiger partial charge in [0.25, 0.3) is 0 Å². The second kappa shape index (κ2) is 3.27. The summed E-state index contributed by atoms with van der Waals surface area (Å²) in [7, 11) is 0. The molecule has 0 saturated carbocycles. The van der Waals surface area contributed by atoms with Gasteiger partial charge in [0, 0.05) is 11.1 Å². The summed E-state index contributed by atoms with van der Waals surface area (Å²) in [4.78, 5) is 23.7. The zero-order valence-corrected chi connectivity index (χ0v) is 8.69. The molecule has 0 amide bonds. The van der Waals surface area contributed by atoms with Crippen molar-refractivity contribution in [2.24, 2.45) is 0 Å². The highest BCUT2D eigenvalue weighted by molar-refractivity contribution is 6.52. The van der Waals surface area contributed by atoms with Crippen LogP contribution in [0.4, 0.5) is 0 Å². The zero-order valence-electron chi connectivity index (χ0n) is 8.69. The Bertz CT molecular complexity index is 562. The first kappa shape index (κ1) is 9.28. The molecule has 3 rings (SSSR count). The average molecular weight is 210 g/mol. The van der Waals surface area contributed by atoms with E-state index in [1.54, 1.807) is 12.1 Å². The van der Waals surface area contributed by atoms with E-state index in [0.29, 0.717) is 17.6 Å². The molecule has 0 aliphatic heterocycles. The molecule has 0 atom stereocenters. The van der Waals surface area contributed by atoms with E-state index in [4.69, 9.17) is 0 Å². The van der Waals surface area contributed by atoms with Crippen molar-refractivity contribution in [1.29, 1.82) is 0 Å². The maximum absolute atomic E-state index is 11.9.